The summed E-state index contributed by atoms with van der Waals surface area (Å²) in [6.45, 7) is 8.75. The maximum absolute atomic E-state index is 4.73. The molecule has 0 aliphatic rings. The Kier molecular flexibility index (Phi) is 5.74. The first-order chi connectivity index (χ1) is 9.70. The third kappa shape index (κ3) is 4.15. The SMILES string of the molecule is CCCNCCc1nc(-c2ccc(C(C)C)cc2)cs1. The predicted molar refractivity (Wildman–Crippen MR) is 88.5 cm³/mol. The minimum Gasteiger partial charge on any atom is -0.316 e. The van der Waals surface area contributed by atoms with Crippen molar-refractivity contribution < 1.29 is 0 Å². The average Bonchev–Trinajstić information content (AvgIpc) is 2.92. The summed E-state index contributed by atoms with van der Waals surface area (Å²) in [5.74, 6) is 0.583. The zero-order valence-corrected chi connectivity index (χ0v) is 13.5. The van der Waals surface area contributed by atoms with Crippen LogP contribution in [0.3, 0.4) is 0 Å². The van der Waals surface area contributed by atoms with Crippen molar-refractivity contribution in [2.24, 2.45) is 0 Å². The molecule has 0 aliphatic carbocycles. The molecule has 0 atom stereocenters. The minimum atomic E-state index is 0.583. The van der Waals surface area contributed by atoms with Gasteiger partial charge in [-0.05, 0) is 24.4 Å². The highest BCUT2D eigenvalue weighted by molar-refractivity contribution is 7.09. The zero-order chi connectivity index (χ0) is 14.4. The van der Waals surface area contributed by atoms with Gasteiger partial charge in [0.15, 0.2) is 0 Å². The molecule has 108 valence electrons. The van der Waals surface area contributed by atoms with E-state index in [-0.39, 0.29) is 0 Å². The van der Waals surface area contributed by atoms with Crippen LogP contribution in [0.2, 0.25) is 0 Å². The van der Waals surface area contributed by atoms with E-state index in [1.54, 1.807) is 11.3 Å². The third-order valence-electron chi connectivity index (χ3n) is 3.37. The largest absolute Gasteiger partial charge is 0.316 e. The van der Waals surface area contributed by atoms with Crippen molar-refractivity contribution in [3.63, 3.8) is 0 Å². The number of nitrogens with zero attached hydrogens (tertiary/aromatic N) is 1. The summed E-state index contributed by atoms with van der Waals surface area (Å²) in [5, 5.41) is 6.80. The van der Waals surface area contributed by atoms with Crippen LogP contribution in [0.1, 0.15) is 43.7 Å². The molecule has 1 aromatic carbocycles. The molecule has 0 spiro atoms. The maximum atomic E-state index is 4.73. The Hall–Kier alpha value is -1.19. The van der Waals surface area contributed by atoms with Gasteiger partial charge in [0.1, 0.15) is 0 Å². The summed E-state index contributed by atoms with van der Waals surface area (Å²) in [6.07, 6.45) is 2.21. The molecule has 3 heteroatoms. The van der Waals surface area contributed by atoms with Crippen molar-refractivity contribution >= 4 is 11.3 Å². The second-order valence-corrected chi connectivity index (χ2v) is 6.35. The van der Waals surface area contributed by atoms with Crippen LogP contribution < -0.4 is 5.32 Å². The van der Waals surface area contributed by atoms with Crippen molar-refractivity contribution in [1.82, 2.24) is 10.3 Å². The van der Waals surface area contributed by atoms with Crippen LogP contribution in [0.25, 0.3) is 11.3 Å². The van der Waals surface area contributed by atoms with Crippen LogP contribution in [-0.4, -0.2) is 18.1 Å². The fourth-order valence-corrected chi connectivity index (χ4v) is 2.90. The topological polar surface area (TPSA) is 24.9 Å². The lowest BCUT2D eigenvalue weighted by atomic mass is 10.0. The van der Waals surface area contributed by atoms with Crippen molar-refractivity contribution in [1.29, 1.82) is 0 Å². The molecule has 0 unspecified atom stereocenters. The predicted octanol–water partition coefficient (Wildman–Crippen LogP) is 4.48. The van der Waals surface area contributed by atoms with Gasteiger partial charge >= 0.3 is 0 Å². The first-order valence-corrected chi connectivity index (χ1v) is 8.34. The molecule has 0 saturated carbocycles. The lowest BCUT2D eigenvalue weighted by molar-refractivity contribution is 0.670. The smallest absolute Gasteiger partial charge is 0.0945 e. The summed E-state index contributed by atoms with van der Waals surface area (Å²) in [7, 11) is 0. The first-order valence-electron chi connectivity index (χ1n) is 7.46. The molecule has 2 rings (SSSR count). The Bertz CT molecular complexity index is 514. The molecule has 0 radical (unpaired) electrons. The quantitative estimate of drug-likeness (QED) is 0.760. The van der Waals surface area contributed by atoms with E-state index in [4.69, 9.17) is 4.98 Å². The molecule has 20 heavy (non-hydrogen) atoms. The molecule has 2 aromatic rings. The molecule has 0 bridgehead atoms. The second-order valence-electron chi connectivity index (χ2n) is 5.40. The number of hydrogen-bond donors (Lipinski definition) is 1. The standard InChI is InChI=1S/C17H24N2S/c1-4-10-18-11-9-17-19-16(12-20-17)15-7-5-14(6-8-15)13(2)3/h5-8,12-13,18H,4,9-11H2,1-3H3. The van der Waals surface area contributed by atoms with E-state index in [0.29, 0.717) is 5.92 Å². The van der Waals surface area contributed by atoms with Crippen molar-refractivity contribution in [2.45, 2.75) is 39.5 Å². The van der Waals surface area contributed by atoms with E-state index >= 15 is 0 Å². The number of aromatic nitrogens is 1. The molecule has 0 fully saturated rings. The van der Waals surface area contributed by atoms with E-state index in [0.717, 1.165) is 25.2 Å². The Morgan fingerprint density at radius 1 is 1.15 bits per heavy atom. The monoisotopic (exact) mass is 288 g/mol. The molecule has 1 aromatic heterocycles. The van der Waals surface area contributed by atoms with Crippen LogP contribution >= 0.6 is 11.3 Å². The van der Waals surface area contributed by atoms with Gasteiger partial charge < -0.3 is 5.32 Å². The highest BCUT2D eigenvalue weighted by Gasteiger charge is 2.05. The highest BCUT2D eigenvalue weighted by Crippen LogP contribution is 2.24. The van der Waals surface area contributed by atoms with E-state index < -0.39 is 0 Å². The number of hydrogen-bond acceptors (Lipinski definition) is 3. The molecule has 0 saturated heterocycles. The van der Waals surface area contributed by atoms with Gasteiger partial charge in [-0.3, -0.25) is 0 Å². The Morgan fingerprint density at radius 2 is 1.90 bits per heavy atom. The van der Waals surface area contributed by atoms with Gasteiger partial charge in [-0.2, -0.15) is 0 Å². The van der Waals surface area contributed by atoms with E-state index in [1.807, 2.05) is 0 Å². The molecule has 0 amide bonds. The van der Waals surface area contributed by atoms with E-state index in [9.17, 15) is 0 Å². The van der Waals surface area contributed by atoms with Gasteiger partial charge in [-0.25, -0.2) is 4.98 Å². The van der Waals surface area contributed by atoms with Crippen LogP contribution in [0.4, 0.5) is 0 Å². The van der Waals surface area contributed by atoms with Crippen LogP contribution in [0, 0.1) is 0 Å². The molecule has 0 aliphatic heterocycles. The van der Waals surface area contributed by atoms with Crippen molar-refractivity contribution in [3.05, 3.63) is 40.2 Å². The van der Waals surface area contributed by atoms with Gasteiger partial charge in [0.25, 0.3) is 0 Å². The molecule has 1 N–H and O–H groups in total. The number of benzene rings is 1. The van der Waals surface area contributed by atoms with Crippen LogP contribution in [0.15, 0.2) is 29.6 Å². The molecule has 1 heterocycles. The maximum Gasteiger partial charge on any atom is 0.0945 e. The lowest BCUT2D eigenvalue weighted by Gasteiger charge is -2.05. The summed E-state index contributed by atoms with van der Waals surface area (Å²) < 4.78 is 0. The number of thiazole rings is 1. The molecule has 2 nitrogen and oxygen atoms in total. The van der Waals surface area contributed by atoms with Crippen molar-refractivity contribution in [2.75, 3.05) is 13.1 Å². The van der Waals surface area contributed by atoms with Crippen LogP contribution in [-0.2, 0) is 6.42 Å². The summed E-state index contributed by atoms with van der Waals surface area (Å²) in [5.41, 5.74) is 3.71. The first kappa shape index (κ1) is 15.2. The number of rotatable bonds is 7. The van der Waals surface area contributed by atoms with Gasteiger partial charge in [0.2, 0.25) is 0 Å². The van der Waals surface area contributed by atoms with Gasteiger partial charge in [0.05, 0.1) is 10.7 Å². The summed E-state index contributed by atoms with van der Waals surface area (Å²) >= 11 is 1.76. The van der Waals surface area contributed by atoms with Crippen molar-refractivity contribution in [3.8, 4) is 11.3 Å². The minimum absolute atomic E-state index is 0.583. The Labute approximate surface area is 126 Å². The van der Waals surface area contributed by atoms with E-state index in [1.165, 1.54) is 22.6 Å². The second kappa shape index (κ2) is 7.55. The summed E-state index contributed by atoms with van der Waals surface area (Å²) in [4.78, 5) is 4.73. The number of nitrogens with one attached hydrogen (secondary N) is 1. The van der Waals surface area contributed by atoms with Gasteiger partial charge in [0, 0.05) is 23.9 Å². The third-order valence-corrected chi connectivity index (χ3v) is 4.28. The van der Waals surface area contributed by atoms with Crippen LogP contribution in [0.5, 0.6) is 0 Å². The highest BCUT2D eigenvalue weighted by atomic mass is 32.1. The molecular weight excluding hydrogens is 264 g/mol. The Morgan fingerprint density at radius 3 is 2.55 bits per heavy atom. The average molecular weight is 288 g/mol. The zero-order valence-electron chi connectivity index (χ0n) is 12.6. The molecular formula is C17H24N2S. The summed E-state index contributed by atoms with van der Waals surface area (Å²) in [6, 6.07) is 8.79. The fourth-order valence-electron chi connectivity index (χ4n) is 2.09. The normalized spacial score (nSPS) is 11.2. The Balaban J connectivity index is 1.97. The fraction of sp³-hybridized carbons (Fsp3) is 0.471. The van der Waals surface area contributed by atoms with Gasteiger partial charge in [-0.15, -0.1) is 11.3 Å². The van der Waals surface area contributed by atoms with Gasteiger partial charge in [-0.1, -0.05) is 45.0 Å². The lowest BCUT2D eigenvalue weighted by Crippen LogP contribution is -2.17. The van der Waals surface area contributed by atoms with E-state index in [2.05, 4.69) is 55.7 Å².